The Morgan fingerprint density at radius 1 is 1.39 bits per heavy atom. The third-order valence-corrected chi connectivity index (χ3v) is 4.17. The van der Waals surface area contributed by atoms with Crippen molar-refractivity contribution >= 4 is 5.91 Å². The van der Waals surface area contributed by atoms with E-state index in [4.69, 9.17) is 11.5 Å². The monoisotopic (exact) mass is 255 g/mol. The highest BCUT2D eigenvalue weighted by atomic mass is 16.1. The molecule has 2 unspecified atom stereocenters. The van der Waals surface area contributed by atoms with Crippen molar-refractivity contribution in [1.82, 2.24) is 4.90 Å². The van der Waals surface area contributed by atoms with Crippen LogP contribution >= 0.6 is 0 Å². The molecule has 1 fully saturated rings. The lowest BCUT2D eigenvalue weighted by atomic mass is 9.94. The van der Waals surface area contributed by atoms with Gasteiger partial charge in [0.25, 0.3) is 0 Å². The maximum Gasteiger partial charge on any atom is 0.237 e. The van der Waals surface area contributed by atoms with E-state index in [-0.39, 0.29) is 0 Å². The summed E-state index contributed by atoms with van der Waals surface area (Å²) in [6, 6.07) is 0.763. The van der Waals surface area contributed by atoms with Crippen molar-refractivity contribution in [2.45, 2.75) is 70.4 Å². The van der Waals surface area contributed by atoms with Crippen LogP contribution in [0, 0.1) is 0 Å². The van der Waals surface area contributed by atoms with Gasteiger partial charge in [0.15, 0.2) is 0 Å². The number of likely N-dealkylation sites (tertiary alicyclic amines) is 1. The van der Waals surface area contributed by atoms with Crippen LogP contribution in [-0.4, -0.2) is 35.5 Å². The van der Waals surface area contributed by atoms with E-state index < -0.39 is 11.4 Å². The number of rotatable bonds is 7. The summed E-state index contributed by atoms with van der Waals surface area (Å²) in [5, 5.41) is 0. The molecule has 0 spiro atoms. The Bertz CT molecular complexity index is 266. The molecule has 4 nitrogen and oxygen atoms in total. The highest BCUT2D eigenvalue weighted by Crippen LogP contribution is 2.20. The van der Waals surface area contributed by atoms with Crippen molar-refractivity contribution in [3.05, 3.63) is 0 Å². The molecular weight excluding hydrogens is 226 g/mol. The van der Waals surface area contributed by atoms with Gasteiger partial charge in [-0.1, -0.05) is 13.3 Å². The van der Waals surface area contributed by atoms with Crippen LogP contribution in [0.5, 0.6) is 0 Å². The summed E-state index contributed by atoms with van der Waals surface area (Å²) in [5.74, 6) is -0.396. The molecule has 1 rings (SSSR count). The zero-order valence-corrected chi connectivity index (χ0v) is 12.0. The Morgan fingerprint density at radius 2 is 2.11 bits per heavy atom. The Morgan fingerprint density at radius 3 is 2.72 bits per heavy atom. The van der Waals surface area contributed by atoms with Crippen LogP contribution in [0.3, 0.4) is 0 Å². The molecule has 0 aromatic rings. The van der Waals surface area contributed by atoms with Crippen LogP contribution in [0.1, 0.15) is 58.8 Å². The molecule has 0 aliphatic carbocycles. The van der Waals surface area contributed by atoms with E-state index in [2.05, 4.69) is 11.8 Å². The number of hydrogen-bond acceptors (Lipinski definition) is 3. The Balaban J connectivity index is 2.22. The molecule has 0 bridgehead atoms. The Kier molecular flexibility index (Phi) is 6.09. The lowest BCUT2D eigenvalue weighted by molar-refractivity contribution is -0.122. The molecule has 0 aromatic heterocycles. The second-order valence-corrected chi connectivity index (χ2v) is 5.83. The van der Waals surface area contributed by atoms with Gasteiger partial charge in [0.2, 0.25) is 5.91 Å². The fraction of sp³-hybridized carbons (Fsp3) is 0.929. The lowest BCUT2D eigenvalue weighted by Crippen LogP contribution is -2.49. The van der Waals surface area contributed by atoms with Gasteiger partial charge in [-0.05, 0) is 58.5 Å². The average Bonchev–Trinajstić information content (AvgIpc) is 2.35. The topological polar surface area (TPSA) is 72.3 Å². The first-order valence-corrected chi connectivity index (χ1v) is 7.30. The van der Waals surface area contributed by atoms with Gasteiger partial charge in [0.05, 0.1) is 5.54 Å². The van der Waals surface area contributed by atoms with E-state index in [1.54, 1.807) is 6.92 Å². The van der Waals surface area contributed by atoms with Crippen LogP contribution in [-0.2, 0) is 4.79 Å². The molecule has 0 aromatic carbocycles. The summed E-state index contributed by atoms with van der Waals surface area (Å²) in [6.45, 7) is 6.36. The number of unbranched alkanes of at least 4 members (excludes halogenated alkanes) is 1. The number of nitrogens with zero attached hydrogens (tertiary/aromatic N) is 1. The minimum atomic E-state index is -0.841. The van der Waals surface area contributed by atoms with E-state index in [0.29, 0.717) is 6.42 Å². The third-order valence-electron chi connectivity index (χ3n) is 4.17. The van der Waals surface area contributed by atoms with Gasteiger partial charge in [-0.3, -0.25) is 4.79 Å². The van der Waals surface area contributed by atoms with Crippen molar-refractivity contribution in [3.8, 4) is 0 Å². The molecular formula is C14H29N3O. The first kappa shape index (κ1) is 15.4. The molecule has 1 aliphatic rings. The minimum Gasteiger partial charge on any atom is -0.368 e. The SMILES string of the molecule is CCC1CCCCN1CCCCC(C)(N)C(N)=O. The predicted octanol–water partition coefficient (Wildman–Crippen LogP) is 1.62. The second-order valence-electron chi connectivity index (χ2n) is 5.83. The van der Waals surface area contributed by atoms with E-state index in [9.17, 15) is 4.79 Å². The number of hydrogen-bond donors (Lipinski definition) is 2. The highest BCUT2D eigenvalue weighted by molar-refractivity contribution is 5.83. The van der Waals surface area contributed by atoms with Gasteiger partial charge >= 0.3 is 0 Å². The van der Waals surface area contributed by atoms with Gasteiger partial charge < -0.3 is 16.4 Å². The van der Waals surface area contributed by atoms with E-state index in [1.807, 2.05) is 0 Å². The molecule has 4 heteroatoms. The summed E-state index contributed by atoms with van der Waals surface area (Å²) < 4.78 is 0. The number of amides is 1. The van der Waals surface area contributed by atoms with Crippen molar-refractivity contribution in [2.75, 3.05) is 13.1 Å². The van der Waals surface area contributed by atoms with Crippen LogP contribution in [0.15, 0.2) is 0 Å². The van der Waals surface area contributed by atoms with E-state index in [1.165, 1.54) is 32.2 Å². The number of carbonyl (C=O) groups excluding carboxylic acids is 1. The normalized spacial score (nSPS) is 24.7. The maximum atomic E-state index is 11.1. The predicted molar refractivity (Wildman–Crippen MR) is 75.1 cm³/mol. The standard InChI is InChI=1S/C14H29N3O/c1-3-12-8-4-6-10-17(12)11-7-5-9-14(2,16)13(15)18/h12H,3-11,16H2,1-2H3,(H2,15,18). The van der Waals surface area contributed by atoms with Gasteiger partial charge in [0.1, 0.15) is 0 Å². The summed E-state index contributed by atoms with van der Waals surface area (Å²) in [6.07, 6.45) is 8.05. The fourth-order valence-electron chi connectivity index (χ4n) is 2.75. The molecule has 1 aliphatic heterocycles. The van der Waals surface area contributed by atoms with Crippen molar-refractivity contribution in [1.29, 1.82) is 0 Å². The van der Waals surface area contributed by atoms with Gasteiger partial charge in [-0.25, -0.2) is 0 Å². The number of carbonyl (C=O) groups is 1. The highest BCUT2D eigenvalue weighted by Gasteiger charge is 2.25. The van der Waals surface area contributed by atoms with E-state index >= 15 is 0 Å². The van der Waals surface area contributed by atoms with Crippen LogP contribution in [0.25, 0.3) is 0 Å². The fourth-order valence-corrected chi connectivity index (χ4v) is 2.75. The lowest BCUT2D eigenvalue weighted by Gasteiger charge is -2.35. The second kappa shape index (κ2) is 7.10. The van der Waals surface area contributed by atoms with Crippen LogP contribution in [0.4, 0.5) is 0 Å². The van der Waals surface area contributed by atoms with Crippen LogP contribution < -0.4 is 11.5 Å². The van der Waals surface area contributed by atoms with Gasteiger partial charge in [-0.2, -0.15) is 0 Å². The molecule has 2 atom stereocenters. The van der Waals surface area contributed by atoms with Gasteiger partial charge in [0, 0.05) is 6.04 Å². The quantitative estimate of drug-likeness (QED) is 0.679. The third kappa shape index (κ3) is 4.58. The molecule has 0 saturated carbocycles. The molecule has 4 N–H and O–H groups in total. The average molecular weight is 255 g/mol. The molecule has 0 radical (unpaired) electrons. The Labute approximate surface area is 111 Å². The maximum absolute atomic E-state index is 11.1. The molecule has 1 amide bonds. The van der Waals surface area contributed by atoms with Crippen molar-refractivity contribution in [2.24, 2.45) is 11.5 Å². The zero-order valence-electron chi connectivity index (χ0n) is 12.0. The summed E-state index contributed by atoms with van der Waals surface area (Å²) in [5.41, 5.74) is 10.3. The summed E-state index contributed by atoms with van der Waals surface area (Å²) in [7, 11) is 0. The summed E-state index contributed by atoms with van der Waals surface area (Å²) in [4.78, 5) is 13.7. The number of primary amides is 1. The van der Waals surface area contributed by atoms with Crippen molar-refractivity contribution in [3.63, 3.8) is 0 Å². The summed E-state index contributed by atoms with van der Waals surface area (Å²) >= 11 is 0. The minimum absolute atomic E-state index is 0.396. The molecule has 106 valence electrons. The van der Waals surface area contributed by atoms with Crippen LogP contribution in [0.2, 0.25) is 0 Å². The first-order valence-electron chi connectivity index (χ1n) is 7.30. The molecule has 1 heterocycles. The largest absolute Gasteiger partial charge is 0.368 e. The van der Waals surface area contributed by atoms with Gasteiger partial charge in [-0.15, -0.1) is 0 Å². The first-order chi connectivity index (χ1) is 8.47. The molecule has 18 heavy (non-hydrogen) atoms. The van der Waals surface area contributed by atoms with E-state index in [0.717, 1.165) is 25.4 Å². The zero-order chi connectivity index (χ0) is 13.6. The Hall–Kier alpha value is -0.610. The smallest absolute Gasteiger partial charge is 0.237 e. The number of nitrogens with two attached hydrogens (primary N) is 2. The van der Waals surface area contributed by atoms with Crippen molar-refractivity contribution < 1.29 is 4.79 Å². The molecule has 1 saturated heterocycles. The number of piperidine rings is 1.